The maximum Gasteiger partial charge on any atom is 0.219 e. The van der Waals surface area contributed by atoms with Gasteiger partial charge in [-0.15, -0.1) is 0 Å². The molecular weight excluding hydrogens is 214 g/mol. The molecule has 1 aliphatic rings. The monoisotopic (exact) mass is 235 g/mol. The first-order chi connectivity index (χ1) is 8.11. The fraction of sp³-hybridized carbons (Fsp3) is 0.692. The van der Waals surface area contributed by atoms with Gasteiger partial charge in [-0.2, -0.15) is 5.10 Å². The predicted octanol–water partition coefficient (Wildman–Crippen LogP) is 1.88. The SMILES string of the molecule is CCc1nn(C)cc1CN(C(C)=O)C1CCC1. The number of amides is 1. The van der Waals surface area contributed by atoms with Gasteiger partial charge in [0.05, 0.1) is 5.69 Å². The minimum atomic E-state index is 0.181. The molecule has 0 bridgehead atoms. The van der Waals surface area contributed by atoms with Crippen LogP contribution in [0.25, 0.3) is 0 Å². The molecule has 0 saturated heterocycles. The number of aromatic nitrogens is 2. The third kappa shape index (κ3) is 2.51. The highest BCUT2D eigenvalue weighted by atomic mass is 16.2. The molecule has 1 saturated carbocycles. The van der Waals surface area contributed by atoms with Crippen molar-refractivity contribution in [1.29, 1.82) is 0 Å². The molecule has 0 aliphatic heterocycles. The molecule has 1 amide bonds. The Bertz CT molecular complexity index is 407. The van der Waals surface area contributed by atoms with Crippen LogP contribution in [0.5, 0.6) is 0 Å². The Labute approximate surface area is 103 Å². The molecule has 0 aromatic carbocycles. The lowest BCUT2D eigenvalue weighted by Gasteiger charge is -2.37. The van der Waals surface area contributed by atoms with Crippen LogP contribution in [0.15, 0.2) is 6.20 Å². The smallest absolute Gasteiger partial charge is 0.219 e. The Hall–Kier alpha value is -1.32. The Morgan fingerprint density at radius 1 is 1.59 bits per heavy atom. The molecular formula is C13H21N3O. The number of nitrogens with zero attached hydrogens (tertiary/aromatic N) is 3. The van der Waals surface area contributed by atoms with E-state index in [1.807, 2.05) is 22.8 Å². The van der Waals surface area contributed by atoms with Crippen molar-refractivity contribution in [2.45, 2.75) is 52.1 Å². The van der Waals surface area contributed by atoms with Crippen molar-refractivity contribution in [3.05, 3.63) is 17.5 Å². The molecule has 4 heteroatoms. The summed E-state index contributed by atoms with van der Waals surface area (Å²) in [7, 11) is 1.93. The van der Waals surface area contributed by atoms with Gasteiger partial charge in [0, 0.05) is 38.3 Å². The zero-order valence-electron chi connectivity index (χ0n) is 10.9. The van der Waals surface area contributed by atoms with Crippen molar-refractivity contribution in [3.63, 3.8) is 0 Å². The summed E-state index contributed by atoms with van der Waals surface area (Å²) in [5.74, 6) is 0.181. The topological polar surface area (TPSA) is 38.1 Å². The number of carbonyl (C=O) groups is 1. The van der Waals surface area contributed by atoms with Crippen molar-refractivity contribution >= 4 is 5.91 Å². The van der Waals surface area contributed by atoms with E-state index in [2.05, 4.69) is 12.0 Å². The fourth-order valence-corrected chi connectivity index (χ4v) is 2.39. The van der Waals surface area contributed by atoms with Crippen LogP contribution in [0.4, 0.5) is 0 Å². The summed E-state index contributed by atoms with van der Waals surface area (Å²) in [6.07, 6.45) is 6.52. The first kappa shape index (κ1) is 12.1. The highest BCUT2D eigenvalue weighted by Crippen LogP contribution is 2.26. The number of carbonyl (C=O) groups excluding carboxylic acids is 1. The molecule has 0 unspecified atom stereocenters. The van der Waals surface area contributed by atoms with E-state index in [4.69, 9.17) is 0 Å². The van der Waals surface area contributed by atoms with Gasteiger partial charge < -0.3 is 4.90 Å². The van der Waals surface area contributed by atoms with Gasteiger partial charge in [0.15, 0.2) is 0 Å². The predicted molar refractivity (Wildman–Crippen MR) is 66.4 cm³/mol. The van der Waals surface area contributed by atoms with Crippen LogP contribution in [0.3, 0.4) is 0 Å². The second-order valence-electron chi connectivity index (χ2n) is 4.86. The van der Waals surface area contributed by atoms with Gasteiger partial charge in [-0.25, -0.2) is 0 Å². The van der Waals surface area contributed by atoms with Crippen LogP contribution in [0, 0.1) is 0 Å². The van der Waals surface area contributed by atoms with E-state index in [0.717, 1.165) is 31.5 Å². The standard InChI is InChI=1S/C13H21N3O/c1-4-13-11(8-15(3)14-13)9-16(10(2)17)12-6-5-7-12/h8,12H,4-7,9H2,1-3H3. The average Bonchev–Trinajstić information content (AvgIpc) is 2.55. The first-order valence-electron chi connectivity index (χ1n) is 6.40. The lowest BCUT2D eigenvalue weighted by Crippen LogP contribution is -2.42. The minimum Gasteiger partial charge on any atom is -0.336 e. The van der Waals surface area contributed by atoms with Crippen LogP contribution in [0.1, 0.15) is 44.4 Å². The van der Waals surface area contributed by atoms with Crippen molar-refractivity contribution in [1.82, 2.24) is 14.7 Å². The van der Waals surface area contributed by atoms with Gasteiger partial charge in [-0.1, -0.05) is 6.92 Å². The molecule has 17 heavy (non-hydrogen) atoms. The number of rotatable bonds is 4. The van der Waals surface area contributed by atoms with Gasteiger partial charge in [-0.3, -0.25) is 9.48 Å². The normalized spacial score (nSPS) is 15.7. The minimum absolute atomic E-state index is 0.181. The van der Waals surface area contributed by atoms with E-state index in [1.54, 1.807) is 6.92 Å². The molecule has 1 aromatic heterocycles. The third-order valence-electron chi connectivity index (χ3n) is 3.59. The Morgan fingerprint density at radius 2 is 2.29 bits per heavy atom. The Kier molecular flexibility index (Phi) is 3.50. The van der Waals surface area contributed by atoms with Crippen molar-refractivity contribution in [2.24, 2.45) is 7.05 Å². The van der Waals surface area contributed by atoms with Gasteiger partial charge in [0.25, 0.3) is 0 Å². The van der Waals surface area contributed by atoms with Crippen LogP contribution >= 0.6 is 0 Å². The Morgan fingerprint density at radius 3 is 2.76 bits per heavy atom. The van der Waals surface area contributed by atoms with Gasteiger partial charge in [0.1, 0.15) is 0 Å². The van der Waals surface area contributed by atoms with E-state index < -0.39 is 0 Å². The molecule has 94 valence electrons. The summed E-state index contributed by atoms with van der Waals surface area (Å²) >= 11 is 0. The Balaban J connectivity index is 2.13. The van der Waals surface area contributed by atoms with Crippen molar-refractivity contribution in [2.75, 3.05) is 0 Å². The van der Waals surface area contributed by atoms with Crippen LogP contribution < -0.4 is 0 Å². The van der Waals surface area contributed by atoms with E-state index in [9.17, 15) is 4.79 Å². The second kappa shape index (κ2) is 4.90. The number of aryl methyl sites for hydroxylation is 2. The summed E-state index contributed by atoms with van der Waals surface area (Å²) in [6, 6.07) is 0.456. The molecule has 0 atom stereocenters. The molecule has 0 N–H and O–H groups in total. The average molecular weight is 235 g/mol. The molecule has 4 nitrogen and oxygen atoms in total. The molecule has 1 aliphatic carbocycles. The number of hydrogen-bond acceptors (Lipinski definition) is 2. The zero-order chi connectivity index (χ0) is 12.4. The summed E-state index contributed by atoms with van der Waals surface area (Å²) in [6.45, 7) is 4.49. The summed E-state index contributed by atoms with van der Waals surface area (Å²) < 4.78 is 1.84. The van der Waals surface area contributed by atoms with Crippen LogP contribution in [0.2, 0.25) is 0 Å². The summed E-state index contributed by atoms with van der Waals surface area (Å²) in [5, 5.41) is 4.42. The summed E-state index contributed by atoms with van der Waals surface area (Å²) in [4.78, 5) is 13.7. The molecule has 0 radical (unpaired) electrons. The largest absolute Gasteiger partial charge is 0.336 e. The lowest BCUT2D eigenvalue weighted by atomic mass is 9.91. The molecule has 1 heterocycles. The van der Waals surface area contributed by atoms with Gasteiger partial charge >= 0.3 is 0 Å². The van der Waals surface area contributed by atoms with E-state index >= 15 is 0 Å². The quantitative estimate of drug-likeness (QED) is 0.799. The molecule has 1 aromatic rings. The first-order valence-corrected chi connectivity index (χ1v) is 6.40. The van der Waals surface area contributed by atoms with E-state index in [1.165, 1.54) is 12.0 Å². The number of hydrogen-bond donors (Lipinski definition) is 0. The van der Waals surface area contributed by atoms with E-state index in [0.29, 0.717) is 6.04 Å². The zero-order valence-corrected chi connectivity index (χ0v) is 10.9. The summed E-state index contributed by atoms with van der Waals surface area (Å²) in [5.41, 5.74) is 2.30. The van der Waals surface area contributed by atoms with Crippen LogP contribution in [-0.2, 0) is 24.8 Å². The third-order valence-corrected chi connectivity index (χ3v) is 3.59. The van der Waals surface area contributed by atoms with Crippen molar-refractivity contribution < 1.29 is 4.79 Å². The maximum absolute atomic E-state index is 11.7. The van der Waals surface area contributed by atoms with Crippen LogP contribution in [-0.4, -0.2) is 26.6 Å². The molecule has 2 rings (SSSR count). The molecule has 1 fully saturated rings. The van der Waals surface area contributed by atoms with E-state index in [-0.39, 0.29) is 5.91 Å². The van der Waals surface area contributed by atoms with Gasteiger partial charge in [0.2, 0.25) is 5.91 Å². The maximum atomic E-state index is 11.7. The highest BCUT2D eigenvalue weighted by Gasteiger charge is 2.27. The highest BCUT2D eigenvalue weighted by molar-refractivity contribution is 5.73. The lowest BCUT2D eigenvalue weighted by molar-refractivity contribution is -0.133. The fourth-order valence-electron chi connectivity index (χ4n) is 2.39. The molecule has 0 spiro atoms. The van der Waals surface area contributed by atoms with Gasteiger partial charge in [-0.05, 0) is 25.7 Å². The van der Waals surface area contributed by atoms with Crippen molar-refractivity contribution in [3.8, 4) is 0 Å². The second-order valence-corrected chi connectivity index (χ2v) is 4.86.